The molecule has 0 saturated heterocycles. The summed E-state index contributed by atoms with van der Waals surface area (Å²) in [6, 6.07) is 0. The monoisotopic (exact) mass is 144 g/mol. The molecule has 3 heteroatoms. The third-order valence-electron chi connectivity index (χ3n) is 0.755. The maximum atomic E-state index is 3.96. The molecule has 0 unspecified atom stereocenters. The standard InChI is InChI=1S/C6H12N2S/c1-4-5-9-6(7-2)8-3/h4H,1,5H2,2-3H3,(H,7,8). The molecule has 0 rings (SSSR count). The molecule has 52 valence electrons. The van der Waals surface area contributed by atoms with E-state index in [-0.39, 0.29) is 0 Å². The fourth-order valence-electron chi connectivity index (χ4n) is 0.386. The number of amidine groups is 1. The summed E-state index contributed by atoms with van der Waals surface area (Å²) in [6.45, 7) is 3.60. The normalized spacial score (nSPS) is 11.1. The maximum absolute atomic E-state index is 3.96. The molecule has 0 aliphatic carbocycles. The van der Waals surface area contributed by atoms with Gasteiger partial charge in [0, 0.05) is 19.8 Å². The van der Waals surface area contributed by atoms with Gasteiger partial charge in [-0.05, 0) is 0 Å². The predicted molar refractivity (Wildman–Crippen MR) is 45.1 cm³/mol. The van der Waals surface area contributed by atoms with Gasteiger partial charge >= 0.3 is 0 Å². The van der Waals surface area contributed by atoms with E-state index in [4.69, 9.17) is 0 Å². The van der Waals surface area contributed by atoms with Crippen molar-refractivity contribution in [2.45, 2.75) is 0 Å². The first-order chi connectivity index (χ1) is 4.35. The summed E-state index contributed by atoms with van der Waals surface area (Å²) in [4.78, 5) is 3.96. The van der Waals surface area contributed by atoms with Crippen LogP contribution in [-0.2, 0) is 0 Å². The van der Waals surface area contributed by atoms with Gasteiger partial charge in [0.1, 0.15) is 0 Å². The summed E-state index contributed by atoms with van der Waals surface area (Å²) < 4.78 is 0. The Labute approximate surface area is 60.4 Å². The van der Waals surface area contributed by atoms with E-state index >= 15 is 0 Å². The predicted octanol–water partition coefficient (Wildman–Crippen LogP) is 1.11. The highest BCUT2D eigenvalue weighted by molar-refractivity contribution is 8.13. The van der Waals surface area contributed by atoms with Crippen molar-refractivity contribution >= 4 is 16.9 Å². The second-order valence-electron chi connectivity index (χ2n) is 1.38. The zero-order valence-electron chi connectivity index (χ0n) is 5.85. The first-order valence-corrected chi connectivity index (χ1v) is 3.72. The fraction of sp³-hybridized carbons (Fsp3) is 0.500. The van der Waals surface area contributed by atoms with Gasteiger partial charge < -0.3 is 5.32 Å². The minimum atomic E-state index is 0.910. The SMILES string of the molecule is C=CCSC(=NC)NC. The number of thioether (sulfide) groups is 1. The van der Waals surface area contributed by atoms with Crippen LogP contribution in [0, 0.1) is 0 Å². The quantitative estimate of drug-likeness (QED) is 0.357. The number of hydrogen-bond acceptors (Lipinski definition) is 2. The molecule has 0 aromatic rings. The van der Waals surface area contributed by atoms with Crippen molar-refractivity contribution in [1.82, 2.24) is 5.32 Å². The number of nitrogens with one attached hydrogen (secondary N) is 1. The summed E-state index contributed by atoms with van der Waals surface area (Å²) in [6.07, 6.45) is 1.85. The van der Waals surface area contributed by atoms with Crippen molar-refractivity contribution in [2.75, 3.05) is 19.8 Å². The van der Waals surface area contributed by atoms with Crippen LogP contribution in [0.15, 0.2) is 17.6 Å². The molecule has 0 atom stereocenters. The molecule has 0 spiro atoms. The van der Waals surface area contributed by atoms with Crippen LogP contribution in [0.2, 0.25) is 0 Å². The van der Waals surface area contributed by atoms with Crippen LogP contribution in [-0.4, -0.2) is 25.0 Å². The molecule has 1 N–H and O–H groups in total. The van der Waals surface area contributed by atoms with E-state index in [0.717, 1.165) is 10.9 Å². The van der Waals surface area contributed by atoms with Gasteiger partial charge in [-0.25, -0.2) is 0 Å². The second kappa shape index (κ2) is 5.69. The highest BCUT2D eigenvalue weighted by Crippen LogP contribution is 1.99. The van der Waals surface area contributed by atoms with Crippen LogP contribution in [0.25, 0.3) is 0 Å². The summed E-state index contributed by atoms with van der Waals surface area (Å²) in [5.74, 6) is 0.910. The van der Waals surface area contributed by atoms with Crippen molar-refractivity contribution in [3.05, 3.63) is 12.7 Å². The Morgan fingerprint density at radius 2 is 2.56 bits per heavy atom. The largest absolute Gasteiger partial charge is 0.368 e. The molecule has 9 heavy (non-hydrogen) atoms. The number of nitrogens with zero attached hydrogens (tertiary/aromatic N) is 1. The fourth-order valence-corrected chi connectivity index (χ4v) is 0.936. The summed E-state index contributed by atoms with van der Waals surface area (Å²) in [5.41, 5.74) is 0. The maximum Gasteiger partial charge on any atom is 0.156 e. The van der Waals surface area contributed by atoms with Crippen molar-refractivity contribution in [3.8, 4) is 0 Å². The molecule has 0 aliphatic rings. The molecule has 0 aliphatic heterocycles. The van der Waals surface area contributed by atoms with Crippen molar-refractivity contribution in [2.24, 2.45) is 4.99 Å². The van der Waals surface area contributed by atoms with Crippen LogP contribution < -0.4 is 5.32 Å². The molecule has 0 amide bonds. The molecule has 0 heterocycles. The summed E-state index contributed by atoms with van der Waals surface area (Å²) in [7, 11) is 3.63. The van der Waals surface area contributed by atoms with Gasteiger partial charge in [-0.1, -0.05) is 17.8 Å². The highest BCUT2D eigenvalue weighted by Gasteiger charge is 1.89. The average Bonchev–Trinajstić information content (AvgIpc) is 1.91. The van der Waals surface area contributed by atoms with Gasteiger partial charge in [0.25, 0.3) is 0 Å². The summed E-state index contributed by atoms with van der Waals surface area (Å²) >= 11 is 1.64. The molecular formula is C6H12N2S. The van der Waals surface area contributed by atoms with E-state index in [0.29, 0.717) is 0 Å². The van der Waals surface area contributed by atoms with Crippen LogP contribution in [0.3, 0.4) is 0 Å². The number of rotatable bonds is 2. The third kappa shape index (κ3) is 4.09. The Balaban J connectivity index is 3.44. The first-order valence-electron chi connectivity index (χ1n) is 2.73. The minimum absolute atomic E-state index is 0.910. The lowest BCUT2D eigenvalue weighted by Crippen LogP contribution is -2.13. The smallest absolute Gasteiger partial charge is 0.156 e. The van der Waals surface area contributed by atoms with E-state index in [1.807, 2.05) is 13.1 Å². The van der Waals surface area contributed by atoms with Crippen LogP contribution in [0.5, 0.6) is 0 Å². The minimum Gasteiger partial charge on any atom is -0.368 e. The Kier molecular flexibility index (Phi) is 5.41. The van der Waals surface area contributed by atoms with Crippen LogP contribution >= 0.6 is 11.8 Å². The van der Waals surface area contributed by atoms with E-state index < -0.39 is 0 Å². The van der Waals surface area contributed by atoms with Crippen LogP contribution in [0.4, 0.5) is 0 Å². The molecule has 2 nitrogen and oxygen atoms in total. The Bertz CT molecular complexity index is 110. The molecule has 0 bridgehead atoms. The van der Waals surface area contributed by atoms with Gasteiger partial charge in [-0.15, -0.1) is 6.58 Å². The number of hydrogen-bond donors (Lipinski definition) is 1. The lowest BCUT2D eigenvalue weighted by Gasteiger charge is -1.99. The van der Waals surface area contributed by atoms with Crippen molar-refractivity contribution in [3.63, 3.8) is 0 Å². The van der Waals surface area contributed by atoms with Gasteiger partial charge in [0.2, 0.25) is 0 Å². The van der Waals surface area contributed by atoms with E-state index in [1.165, 1.54) is 0 Å². The molecule has 0 aromatic heterocycles. The lowest BCUT2D eigenvalue weighted by atomic mass is 10.8. The van der Waals surface area contributed by atoms with Crippen molar-refractivity contribution < 1.29 is 0 Å². The zero-order chi connectivity index (χ0) is 7.11. The number of aliphatic imine (C=N–C) groups is 1. The molecular weight excluding hydrogens is 132 g/mol. The lowest BCUT2D eigenvalue weighted by molar-refractivity contribution is 1.18. The average molecular weight is 144 g/mol. The first kappa shape index (κ1) is 8.56. The van der Waals surface area contributed by atoms with Gasteiger partial charge in [-0.2, -0.15) is 0 Å². The van der Waals surface area contributed by atoms with Crippen molar-refractivity contribution in [1.29, 1.82) is 0 Å². The van der Waals surface area contributed by atoms with E-state index in [9.17, 15) is 0 Å². The second-order valence-corrected chi connectivity index (χ2v) is 2.39. The Morgan fingerprint density at radius 3 is 2.89 bits per heavy atom. The van der Waals surface area contributed by atoms with Gasteiger partial charge in [-0.3, -0.25) is 4.99 Å². The molecule has 0 fully saturated rings. The third-order valence-corrected chi connectivity index (χ3v) is 1.82. The van der Waals surface area contributed by atoms with E-state index in [1.54, 1.807) is 18.8 Å². The molecule has 0 saturated carbocycles. The van der Waals surface area contributed by atoms with Gasteiger partial charge in [0.05, 0.1) is 0 Å². The highest BCUT2D eigenvalue weighted by atomic mass is 32.2. The Morgan fingerprint density at radius 1 is 1.89 bits per heavy atom. The Hall–Kier alpha value is -0.440. The topological polar surface area (TPSA) is 24.4 Å². The van der Waals surface area contributed by atoms with Gasteiger partial charge in [0.15, 0.2) is 5.17 Å². The van der Waals surface area contributed by atoms with E-state index in [2.05, 4.69) is 16.9 Å². The zero-order valence-corrected chi connectivity index (χ0v) is 6.66. The molecule has 0 aromatic carbocycles. The van der Waals surface area contributed by atoms with Crippen LogP contribution in [0.1, 0.15) is 0 Å². The summed E-state index contributed by atoms with van der Waals surface area (Å²) in [5, 5.41) is 3.91. The molecule has 0 radical (unpaired) electrons.